The number of hydrogen-bond acceptors (Lipinski definition) is 7. The lowest BCUT2D eigenvalue weighted by Crippen LogP contribution is -2.48. The lowest BCUT2D eigenvalue weighted by Gasteiger charge is -2.35. The van der Waals surface area contributed by atoms with Crippen LogP contribution in [0.3, 0.4) is 0 Å². The van der Waals surface area contributed by atoms with E-state index in [2.05, 4.69) is 0 Å². The first-order chi connectivity index (χ1) is 16.8. The molecule has 10 heteroatoms. The Labute approximate surface area is 201 Å². The Bertz CT molecular complexity index is 1410. The highest BCUT2D eigenvalue weighted by molar-refractivity contribution is 7.89. The topological polar surface area (TPSA) is 118 Å². The number of fused-ring (bicyclic) bond motifs is 1. The number of aromatic carboxylic acids is 1. The van der Waals surface area contributed by atoms with Gasteiger partial charge in [0, 0.05) is 31.9 Å². The Morgan fingerprint density at radius 2 is 1.34 bits per heavy atom. The first-order valence-corrected chi connectivity index (χ1v) is 12.4. The Morgan fingerprint density at radius 3 is 1.91 bits per heavy atom. The van der Waals surface area contributed by atoms with Crippen LogP contribution < -0.4 is 14.9 Å². The lowest BCUT2D eigenvalue weighted by atomic mass is 10.1. The summed E-state index contributed by atoms with van der Waals surface area (Å²) >= 11 is 0. The van der Waals surface area contributed by atoms with Gasteiger partial charge in [-0.05, 0) is 54.1 Å². The number of rotatable bonds is 5. The van der Waals surface area contributed by atoms with Crippen molar-refractivity contribution in [3.63, 3.8) is 0 Å². The van der Waals surface area contributed by atoms with E-state index in [1.54, 1.807) is 36.4 Å². The van der Waals surface area contributed by atoms with E-state index in [9.17, 15) is 27.9 Å². The summed E-state index contributed by atoms with van der Waals surface area (Å²) in [7, 11) is -3.80. The van der Waals surface area contributed by atoms with Crippen LogP contribution in [0, 0.1) is 0 Å². The third kappa shape index (κ3) is 3.96. The number of benzene rings is 3. The molecule has 1 fully saturated rings. The highest BCUT2D eigenvalue weighted by Crippen LogP contribution is 2.30. The first kappa shape index (κ1) is 22.8. The highest BCUT2D eigenvalue weighted by atomic mass is 32.2. The first-order valence-electron chi connectivity index (χ1n) is 10.9. The van der Waals surface area contributed by atoms with Gasteiger partial charge in [-0.1, -0.05) is 24.3 Å². The molecule has 9 nitrogen and oxygen atoms in total. The minimum atomic E-state index is -3.80. The molecule has 3 aromatic rings. The molecule has 2 aliphatic heterocycles. The van der Waals surface area contributed by atoms with Crippen LogP contribution >= 0.6 is 0 Å². The monoisotopic (exact) mass is 490 g/mol. The third-order valence-corrected chi connectivity index (χ3v) is 8.13. The minimum absolute atomic E-state index is 0.0604. The molecule has 0 radical (unpaired) electrons. The van der Waals surface area contributed by atoms with E-state index in [0.717, 1.165) is 4.90 Å². The molecule has 1 saturated heterocycles. The number of carbonyl (C=O) groups excluding carboxylic acids is 3. The smallest absolute Gasteiger partial charge is 0.266 e. The minimum Gasteiger partial charge on any atom is -0.545 e. The summed E-state index contributed by atoms with van der Waals surface area (Å²) in [6.07, 6.45) is 0. The molecule has 0 aromatic heterocycles. The Morgan fingerprint density at radius 1 is 0.743 bits per heavy atom. The summed E-state index contributed by atoms with van der Waals surface area (Å²) in [6, 6.07) is 18.6. The average molecular weight is 491 g/mol. The number of hydrogen-bond donors (Lipinski definition) is 0. The zero-order valence-electron chi connectivity index (χ0n) is 18.5. The number of anilines is 2. The van der Waals surface area contributed by atoms with Crippen LogP contribution in [0.2, 0.25) is 0 Å². The van der Waals surface area contributed by atoms with Crippen LogP contribution in [-0.2, 0) is 10.0 Å². The van der Waals surface area contributed by atoms with Gasteiger partial charge in [-0.2, -0.15) is 4.31 Å². The van der Waals surface area contributed by atoms with Crippen molar-refractivity contribution >= 4 is 39.2 Å². The maximum absolute atomic E-state index is 13.2. The molecule has 0 atom stereocenters. The lowest BCUT2D eigenvalue weighted by molar-refractivity contribution is -0.255. The number of carboxylic acids is 1. The predicted octanol–water partition coefficient (Wildman–Crippen LogP) is 1.36. The molecule has 5 rings (SSSR count). The fourth-order valence-corrected chi connectivity index (χ4v) is 5.78. The summed E-state index contributed by atoms with van der Waals surface area (Å²) in [5.74, 6) is -2.15. The van der Waals surface area contributed by atoms with Gasteiger partial charge < -0.3 is 14.8 Å². The summed E-state index contributed by atoms with van der Waals surface area (Å²) < 4.78 is 27.7. The zero-order chi connectivity index (χ0) is 24.7. The number of carboxylic acid groups (broad SMARTS) is 1. The van der Waals surface area contributed by atoms with Crippen molar-refractivity contribution in [3.05, 3.63) is 89.5 Å². The van der Waals surface area contributed by atoms with Crippen molar-refractivity contribution in [2.45, 2.75) is 4.90 Å². The van der Waals surface area contributed by atoms with Crippen LogP contribution in [0.15, 0.2) is 77.7 Å². The second-order valence-electron chi connectivity index (χ2n) is 8.21. The zero-order valence-corrected chi connectivity index (χ0v) is 19.3. The molecule has 0 N–H and O–H groups in total. The van der Waals surface area contributed by atoms with Crippen molar-refractivity contribution < 1.29 is 27.9 Å². The van der Waals surface area contributed by atoms with Gasteiger partial charge in [0.15, 0.2) is 0 Å². The van der Waals surface area contributed by atoms with Gasteiger partial charge in [0.25, 0.3) is 11.8 Å². The summed E-state index contributed by atoms with van der Waals surface area (Å²) in [5, 5.41) is 11.1. The highest BCUT2D eigenvalue weighted by Gasteiger charge is 2.36. The van der Waals surface area contributed by atoms with Gasteiger partial charge in [0.1, 0.15) is 0 Å². The van der Waals surface area contributed by atoms with Crippen LogP contribution in [0.25, 0.3) is 0 Å². The molecule has 35 heavy (non-hydrogen) atoms. The number of imide groups is 1. The molecule has 0 aliphatic carbocycles. The normalized spacial score (nSPS) is 16.5. The largest absolute Gasteiger partial charge is 0.545 e. The Balaban J connectivity index is 1.30. The molecule has 2 aliphatic rings. The average Bonchev–Trinajstić information content (AvgIpc) is 3.14. The summed E-state index contributed by atoms with van der Waals surface area (Å²) in [6.45, 7) is 1.22. The Kier molecular flexibility index (Phi) is 5.62. The second-order valence-corrected chi connectivity index (χ2v) is 10.2. The fourth-order valence-electron chi connectivity index (χ4n) is 4.36. The van der Waals surface area contributed by atoms with Crippen molar-refractivity contribution in [1.29, 1.82) is 0 Å². The van der Waals surface area contributed by atoms with E-state index in [1.165, 1.54) is 40.7 Å². The summed E-state index contributed by atoms with van der Waals surface area (Å²) in [4.78, 5) is 39.5. The van der Waals surface area contributed by atoms with E-state index in [-0.39, 0.29) is 23.5 Å². The molecule has 0 saturated carbocycles. The van der Waals surface area contributed by atoms with E-state index in [4.69, 9.17) is 0 Å². The fraction of sp³-hybridized carbons (Fsp3) is 0.160. The van der Waals surface area contributed by atoms with Crippen molar-refractivity contribution in [3.8, 4) is 0 Å². The van der Waals surface area contributed by atoms with Gasteiger partial charge in [0.05, 0.1) is 27.7 Å². The maximum atomic E-state index is 13.2. The van der Waals surface area contributed by atoms with Crippen LogP contribution in [0.5, 0.6) is 0 Å². The standard InChI is InChI=1S/C25H21N3O6S/c29-23-21-6-1-2-7-22(21)24(30)28(23)18-8-10-20(11-9-18)35(33,34)27-14-12-26(13-15-27)19-5-3-4-17(16-19)25(31)32/h1-11,16H,12-15H2,(H,31,32)/p-1. The molecule has 2 amide bonds. The molecule has 0 spiro atoms. The van der Waals surface area contributed by atoms with E-state index in [1.807, 2.05) is 4.90 Å². The van der Waals surface area contributed by atoms with E-state index >= 15 is 0 Å². The van der Waals surface area contributed by atoms with Gasteiger partial charge in [-0.25, -0.2) is 13.3 Å². The van der Waals surface area contributed by atoms with Gasteiger partial charge >= 0.3 is 0 Å². The van der Waals surface area contributed by atoms with Crippen molar-refractivity contribution in [2.75, 3.05) is 36.0 Å². The molecule has 0 bridgehead atoms. The quantitative estimate of drug-likeness (QED) is 0.496. The molecule has 2 heterocycles. The maximum Gasteiger partial charge on any atom is 0.266 e. The molecule has 3 aromatic carbocycles. The number of amides is 2. The molecule has 178 valence electrons. The molecule has 0 unspecified atom stereocenters. The van der Waals surface area contributed by atoms with Crippen molar-refractivity contribution in [2.24, 2.45) is 0 Å². The third-order valence-electron chi connectivity index (χ3n) is 6.21. The van der Waals surface area contributed by atoms with Gasteiger partial charge in [0.2, 0.25) is 10.0 Å². The molecular formula is C25H20N3O6S-. The SMILES string of the molecule is O=C([O-])c1cccc(N2CCN(S(=O)(=O)c3ccc(N4C(=O)c5ccccc5C4=O)cc3)CC2)c1. The van der Waals surface area contributed by atoms with E-state index in [0.29, 0.717) is 35.6 Å². The number of sulfonamides is 1. The van der Waals surface area contributed by atoms with Gasteiger partial charge in [-0.15, -0.1) is 0 Å². The molecular weight excluding hydrogens is 470 g/mol. The predicted molar refractivity (Wildman–Crippen MR) is 126 cm³/mol. The summed E-state index contributed by atoms with van der Waals surface area (Å²) in [5.41, 5.74) is 1.69. The Hall–Kier alpha value is -4.02. The van der Waals surface area contributed by atoms with Crippen LogP contribution in [0.4, 0.5) is 11.4 Å². The van der Waals surface area contributed by atoms with Crippen molar-refractivity contribution in [1.82, 2.24) is 4.31 Å². The number of piperazine rings is 1. The second kappa shape index (κ2) is 8.64. The number of nitrogens with zero attached hydrogens (tertiary/aromatic N) is 3. The number of carbonyl (C=O) groups is 3. The van der Waals surface area contributed by atoms with E-state index < -0.39 is 27.8 Å². The van der Waals surface area contributed by atoms with Gasteiger partial charge in [-0.3, -0.25) is 9.59 Å². The van der Waals surface area contributed by atoms with Crippen LogP contribution in [-0.4, -0.2) is 56.7 Å². The van der Waals surface area contributed by atoms with Crippen LogP contribution in [0.1, 0.15) is 31.1 Å².